The average Bonchev–Trinajstić information content (AvgIpc) is 2.68. The normalized spacial score (nSPS) is 10.5. The number of nitrogens with zero attached hydrogens (tertiary/aromatic N) is 1. The van der Waals surface area contributed by atoms with Crippen molar-refractivity contribution in [2.24, 2.45) is 10.9 Å². The van der Waals surface area contributed by atoms with E-state index in [1.807, 2.05) is 6.07 Å². The number of rotatable bonds is 9. The number of carboxylic acids is 1. The van der Waals surface area contributed by atoms with Crippen molar-refractivity contribution < 1.29 is 19.5 Å². The fraction of sp³-hybridized carbons (Fsp3) is 0.200. The second-order valence-electron chi connectivity index (χ2n) is 6.17. The summed E-state index contributed by atoms with van der Waals surface area (Å²) in [7, 11) is 0. The summed E-state index contributed by atoms with van der Waals surface area (Å²) in [4.78, 5) is 34.3. The number of hydrazone groups is 1. The zero-order valence-electron chi connectivity index (χ0n) is 15.7. The number of benzene rings is 2. The molecule has 0 aromatic heterocycles. The van der Waals surface area contributed by atoms with E-state index in [-0.39, 0.29) is 25.3 Å². The molecule has 3 amide bonds. The lowest BCUT2D eigenvalue weighted by Gasteiger charge is -2.09. The van der Waals surface area contributed by atoms with Gasteiger partial charge in [0.05, 0.1) is 12.6 Å². The maximum absolute atomic E-state index is 12.2. The third-order valence-electron chi connectivity index (χ3n) is 3.88. The van der Waals surface area contributed by atoms with Crippen LogP contribution < -0.4 is 21.8 Å². The highest BCUT2D eigenvalue weighted by atomic mass is 16.4. The topological polar surface area (TPSA) is 146 Å². The molecule has 152 valence electrons. The minimum absolute atomic E-state index is 0.107. The van der Waals surface area contributed by atoms with Gasteiger partial charge in [-0.3, -0.25) is 9.59 Å². The molecular weight excluding hydrogens is 374 g/mol. The third-order valence-corrected chi connectivity index (χ3v) is 3.88. The first kappa shape index (κ1) is 21.4. The molecule has 0 atom stereocenters. The Kier molecular flexibility index (Phi) is 8.18. The number of amides is 3. The Balaban J connectivity index is 1.83. The fourth-order valence-electron chi connectivity index (χ4n) is 2.49. The van der Waals surface area contributed by atoms with Crippen LogP contribution in [-0.2, 0) is 16.0 Å². The highest BCUT2D eigenvalue weighted by Crippen LogP contribution is 2.14. The second-order valence-corrected chi connectivity index (χ2v) is 6.17. The van der Waals surface area contributed by atoms with Crippen LogP contribution in [0, 0.1) is 0 Å². The summed E-state index contributed by atoms with van der Waals surface area (Å²) in [6.45, 7) is 0.107. The number of anilines is 2. The highest BCUT2D eigenvalue weighted by Gasteiger charge is 2.06. The molecule has 0 saturated carbocycles. The van der Waals surface area contributed by atoms with E-state index >= 15 is 0 Å². The molecule has 0 aliphatic rings. The van der Waals surface area contributed by atoms with E-state index in [4.69, 9.17) is 10.9 Å². The van der Waals surface area contributed by atoms with Crippen molar-refractivity contribution in [2.45, 2.75) is 19.3 Å². The van der Waals surface area contributed by atoms with E-state index < -0.39 is 12.0 Å². The number of nitrogens with two attached hydrogens (primary N) is 1. The standard InChI is InChI=1S/C20H23N5O4/c21-23-13-15-4-7-16(8-5-15)24-20(29)25-17-3-1-2-14(12-17)6-9-18(26)22-11-10-19(27)28/h1-5,7-8,12-13H,6,9-11,21H2,(H,22,26)(H,27,28)(H2,24,25,29). The van der Waals surface area contributed by atoms with Crippen LogP contribution in [-0.4, -0.2) is 35.8 Å². The van der Waals surface area contributed by atoms with Gasteiger partial charge in [0, 0.05) is 24.3 Å². The van der Waals surface area contributed by atoms with Gasteiger partial charge in [-0.05, 0) is 41.8 Å². The summed E-state index contributed by atoms with van der Waals surface area (Å²) in [5, 5.41) is 20.0. The SMILES string of the molecule is NN=Cc1ccc(NC(=O)Nc2cccc(CCC(=O)NCCC(=O)O)c2)cc1. The van der Waals surface area contributed by atoms with Crippen molar-refractivity contribution in [1.82, 2.24) is 5.32 Å². The number of hydrogen-bond acceptors (Lipinski definition) is 5. The number of hydrogen-bond donors (Lipinski definition) is 5. The lowest BCUT2D eigenvalue weighted by Crippen LogP contribution is -2.26. The average molecular weight is 397 g/mol. The van der Waals surface area contributed by atoms with Gasteiger partial charge in [-0.1, -0.05) is 24.3 Å². The lowest BCUT2D eigenvalue weighted by atomic mass is 10.1. The maximum atomic E-state index is 12.2. The molecule has 2 aromatic carbocycles. The highest BCUT2D eigenvalue weighted by molar-refractivity contribution is 6.00. The van der Waals surface area contributed by atoms with Crippen molar-refractivity contribution in [1.29, 1.82) is 0 Å². The Morgan fingerprint density at radius 2 is 1.72 bits per heavy atom. The van der Waals surface area contributed by atoms with Gasteiger partial charge < -0.3 is 26.9 Å². The van der Waals surface area contributed by atoms with Crippen LogP contribution in [0.4, 0.5) is 16.2 Å². The van der Waals surface area contributed by atoms with Gasteiger partial charge in [0.15, 0.2) is 0 Å². The molecule has 0 radical (unpaired) electrons. The third kappa shape index (κ3) is 8.12. The van der Waals surface area contributed by atoms with E-state index in [1.54, 1.807) is 42.5 Å². The molecule has 0 spiro atoms. The number of nitrogens with one attached hydrogen (secondary N) is 3. The number of carbonyl (C=O) groups is 3. The van der Waals surface area contributed by atoms with Gasteiger partial charge in [0.2, 0.25) is 5.91 Å². The zero-order chi connectivity index (χ0) is 21.1. The van der Waals surface area contributed by atoms with E-state index in [2.05, 4.69) is 21.1 Å². The number of carbonyl (C=O) groups excluding carboxylic acids is 2. The molecule has 2 rings (SSSR count). The van der Waals surface area contributed by atoms with Crippen LogP contribution in [0.1, 0.15) is 24.0 Å². The summed E-state index contributed by atoms with van der Waals surface area (Å²) in [5.41, 5.74) is 2.91. The van der Waals surface area contributed by atoms with E-state index in [9.17, 15) is 14.4 Å². The summed E-state index contributed by atoms with van der Waals surface area (Å²) in [6, 6.07) is 13.8. The summed E-state index contributed by atoms with van der Waals surface area (Å²) in [5.74, 6) is 3.92. The van der Waals surface area contributed by atoms with Gasteiger partial charge in [-0.2, -0.15) is 5.10 Å². The fourth-order valence-corrected chi connectivity index (χ4v) is 2.49. The van der Waals surface area contributed by atoms with E-state index in [0.29, 0.717) is 17.8 Å². The summed E-state index contributed by atoms with van der Waals surface area (Å²) >= 11 is 0. The smallest absolute Gasteiger partial charge is 0.323 e. The molecular formula is C20H23N5O4. The second kappa shape index (κ2) is 11.1. The molecule has 0 fully saturated rings. The Morgan fingerprint density at radius 3 is 2.41 bits per heavy atom. The Morgan fingerprint density at radius 1 is 1.00 bits per heavy atom. The molecule has 0 unspecified atom stereocenters. The van der Waals surface area contributed by atoms with E-state index in [0.717, 1.165) is 11.1 Å². The summed E-state index contributed by atoms with van der Waals surface area (Å²) < 4.78 is 0. The van der Waals surface area contributed by atoms with Crippen LogP contribution >= 0.6 is 0 Å². The first-order valence-electron chi connectivity index (χ1n) is 8.95. The number of aryl methyl sites for hydroxylation is 1. The van der Waals surface area contributed by atoms with Crippen molar-refractivity contribution in [2.75, 3.05) is 17.2 Å². The van der Waals surface area contributed by atoms with Gasteiger partial charge in [0.1, 0.15) is 0 Å². The molecule has 0 bridgehead atoms. The largest absolute Gasteiger partial charge is 0.481 e. The molecule has 29 heavy (non-hydrogen) atoms. The minimum atomic E-state index is -0.956. The van der Waals surface area contributed by atoms with Crippen LogP contribution in [0.2, 0.25) is 0 Å². The number of carboxylic acid groups (broad SMARTS) is 1. The predicted octanol–water partition coefficient (Wildman–Crippen LogP) is 2.15. The maximum Gasteiger partial charge on any atom is 0.323 e. The van der Waals surface area contributed by atoms with Crippen molar-refractivity contribution in [3.05, 3.63) is 59.7 Å². The van der Waals surface area contributed by atoms with Gasteiger partial charge in [-0.25, -0.2) is 4.79 Å². The lowest BCUT2D eigenvalue weighted by molar-refractivity contribution is -0.136. The first-order valence-corrected chi connectivity index (χ1v) is 8.95. The van der Waals surface area contributed by atoms with E-state index in [1.165, 1.54) is 6.21 Å². The molecule has 0 aliphatic carbocycles. The van der Waals surface area contributed by atoms with Crippen LogP contribution in [0.15, 0.2) is 53.6 Å². The van der Waals surface area contributed by atoms with Crippen LogP contribution in [0.3, 0.4) is 0 Å². The quantitative estimate of drug-likeness (QED) is 0.250. The molecule has 0 saturated heterocycles. The van der Waals surface area contributed by atoms with Crippen LogP contribution in [0.25, 0.3) is 0 Å². The first-order chi connectivity index (χ1) is 14.0. The van der Waals surface area contributed by atoms with Crippen molar-refractivity contribution in [3.63, 3.8) is 0 Å². The Bertz CT molecular complexity index is 881. The molecule has 6 N–H and O–H groups in total. The molecule has 2 aromatic rings. The van der Waals surface area contributed by atoms with Crippen molar-refractivity contribution in [3.8, 4) is 0 Å². The number of urea groups is 1. The molecule has 0 heterocycles. The van der Waals surface area contributed by atoms with Crippen molar-refractivity contribution >= 4 is 35.5 Å². The van der Waals surface area contributed by atoms with Gasteiger partial charge >= 0.3 is 12.0 Å². The monoisotopic (exact) mass is 397 g/mol. The molecule has 9 heteroatoms. The van der Waals surface area contributed by atoms with Gasteiger partial charge in [-0.15, -0.1) is 0 Å². The Labute approximate surface area is 168 Å². The molecule has 9 nitrogen and oxygen atoms in total. The predicted molar refractivity (Wildman–Crippen MR) is 111 cm³/mol. The van der Waals surface area contributed by atoms with Crippen LogP contribution in [0.5, 0.6) is 0 Å². The summed E-state index contributed by atoms with van der Waals surface area (Å²) in [6.07, 6.45) is 2.10. The minimum Gasteiger partial charge on any atom is -0.481 e. The number of aliphatic carboxylic acids is 1. The zero-order valence-corrected chi connectivity index (χ0v) is 15.7. The molecule has 0 aliphatic heterocycles. The Hall–Kier alpha value is -3.88. The van der Waals surface area contributed by atoms with Gasteiger partial charge in [0.25, 0.3) is 0 Å².